The van der Waals surface area contributed by atoms with E-state index in [4.69, 9.17) is 5.73 Å². The molecule has 94 valence electrons. The van der Waals surface area contributed by atoms with Crippen molar-refractivity contribution < 1.29 is 0 Å². The van der Waals surface area contributed by atoms with Crippen LogP contribution in [0.15, 0.2) is 0 Å². The number of likely N-dealkylation sites (tertiary alicyclic amines) is 1. The van der Waals surface area contributed by atoms with Crippen molar-refractivity contribution in [3.63, 3.8) is 0 Å². The molecule has 0 spiro atoms. The minimum Gasteiger partial charge on any atom is -0.330 e. The summed E-state index contributed by atoms with van der Waals surface area (Å²) in [6, 6.07) is 0.904. The van der Waals surface area contributed by atoms with Crippen LogP contribution in [0.2, 0.25) is 0 Å². The van der Waals surface area contributed by atoms with Crippen LogP contribution in [-0.2, 0) is 0 Å². The fraction of sp³-hybridized carbons (Fsp3) is 1.00. The summed E-state index contributed by atoms with van der Waals surface area (Å²) < 4.78 is 0. The van der Waals surface area contributed by atoms with Crippen LogP contribution < -0.4 is 5.73 Å². The van der Waals surface area contributed by atoms with Gasteiger partial charge in [0.15, 0.2) is 0 Å². The fourth-order valence-corrected chi connectivity index (χ4v) is 3.78. The topological polar surface area (TPSA) is 29.3 Å². The van der Waals surface area contributed by atoms with Crippen LogP contribution in [0.25, 0.3) is 0 Å². The maximum absolute atomic E-state index is 5.67. The van der Waals surface area contributed by atoms with Gasteiger partial charge in [-0.05, 0) is 50.6 Å². The van der Waals surface area contributed by atoms with E-state index in [1.54, 1.807) is 0 Å². The average molecular weight is 224 g/mol. The Hall–Kier alpha value is -0.0800. The molecule has 3 unspecified atom stereocenters. The van der Waals surface area contributed by atoms with Crippen LogP contribution in [0.1, 0.15) is 51.9 Å². The minimum absolute atomic E-state index is 0.875. The zero-order valence-electron chi connectivity index (χ0n) is 10.8. The van der Waals surface area contributed by atoms with Gasteiger partial charge in [-0.25, -0.2) is 0 Å². The van der Waals surface area contributed by atoms with E-state index in [0.29, 0.717) is 0 Å². The molecular formula is C14H28N2. The molecule has 2 rings (SSSR count). The number of hydrogen-bond donors (Lipinski definition) is 1. The average Bonchev–Trinajstić information content (AvgIpc) is 2.78. The second-order valence-corrected chi connectivity index (χ2v) is 5.75. The van der Waals surface area contributed by atoms with Gasteiger partial charge in [0, 0.05) is 12.6 Å². The van der Waals surface area contributed by atoms with Gasteiger partial charge < -0.3 is 5.73 Å². The van der Waals surface area contributed by atoms with Gasteiger partial charge in [0.1, 0.15) is 0 Å². The zero-order chi connectivity index (χ0) is 11.4. The summed E-state index contributed by atoms with van der Waals surface area (Å²) in [5.74, 6) is 1.87. The van der Waals surface area contributed by atoms with Gasteiger partial charge in [-0.3, -0.25) is 4.90 Å². The van der Waals surface area contributed by atoms with Crippen molar-refractivity contribution in [1.82, 2.24) is 4.90 Å². The van der Waals surface area contributed by atoms with Crippen LogP contribution in [0.3, 0.4) is 0 Å². The summed E-state index contributed by atoms with van der Waals surface area (Å²) in [5, 5.41) is 0. The standard InChI is InChI=1S/C14H28N2/c1-2-13-5-3-4-6-14(13)16-10-8-12(11-16)7-9-15/h12-14H,2-11,15H2,1H3. The van der Waals surface area contributed by atoms with Gasteiger partial charge in [0.25, 0.3) is 0 Å². The highest BCUT2D eigenvalue weighted by Gasteiger charge is 2.33. The van der Waals surface area contributed by atoms with E-state index in [0.717, 1.165) is 24.4 Å². The van der Waals surface area contributed by atoms with E-state index in [1.165, 1.54) is 58.0 Å². The van der Waals surface area contributed by atoms with E-state index in [2.05, 4.69) is 11.8 Å². The Kier molecular flexibility index (Phi) is 4.66. The fourth-order valence-electron chi connectivity index (χ4n) is 3.78. The molecule has 2 fully saturated rings. The lowest BCUT2D eigenvalue weighted by atomic mass is 9.82. The largest absolute Gasteiger partial charge is 0.330 e. The Morgan fingerprint density at radius 2 is 2.00 bits per heavy atom. The van der Waals surface area contributed by atoms with Crippen molar-refractivity contribution in [1.29, 1.82) is 0 Å². The molecule has 0 bridgehead atoms. The van der Waals surface area contributed by atoms with Gasteiger partial charge in [0.05, 0.1) is 0 Å². The minimum atomic E-state index is 0.875. The molecule has 2 aliphatic rings. The molecular weight excluding hydrogens is 196 g/mol. The molecule has 16 heavy (non-hydrogen) atoms. The molecule has 1 aliphatic heterocycles. The number of nitrogens with zero attached hydrogens (tertiary/aromatic N) is 1. The van der Waals surface area contributed by atoms with Crippen LogP contribution in [0.4, 0.5) is 0 Å². The summed E-state index contributed by atoms with van der Waals surface area (Å²) in [4.78, 5) is 2.79. The van der Waals surface area contributed by atoms with Crippen molar-refractivity contribution in [2.45, 2.75) is 57.9 Å². The molecule has 2 N–H and O–H groups in total. The van der Waals surface area contributed by atoms with Gasteiger partial charge in [-0.2, -0.15) is 0 Å². The van der Waals surface area contributed by atoms with E-state index in [-0.39, 0.29) is 0 Å². The Morgan fingerprint density at radius 1 is 1.19 bits per heavy atom. The molecule has 1 saturated carbocycles. The smallest absolute Gasteiger partial charge is 0.0123 e. The maximum Gasteiger partial charge on any atom is 0.0123 e. The molecule has 1 heterocycles. The third kappa shape index (κ3) is 2.78. The Labute approximate surface area is 101 Å². The van der Waals surface area contributed by atoms with Gasteiger partial charge >= 0.3 is 0 Å². The maximum atomic E-state index is 5.67. The summed E-state index contributed by atoms with van der Waals surface area (Å²) in [6.45, 7) is 5.92. The normalized spacial score (nSPS) is 36.8. The predicted molar refractivity (Wildman–Crippen MR) is 69.4 cm³/mol. The molecule has 0 radical (unpaired) electrons. The first kappa shape index (κ1) is 12.4. The highest BCUT2D eigenvalue weighted by atomic mass is 15.2. The zero-order valence-corrected chi connectivity index (χ0v) is 10.8. The first-order valence-corrected chi connectivity index (χ1v) is 7.29. The molecule has 3 atom stereocenters. The summed E-state index contributed by atoms with van der Waals surface area (Å²) in [7, 11) is 0. The number of nitrogens with two attached hydrogens (primary N) is 1. The molecule has 0 amide bonds. The SMILES string of the molecule is CCC1CCCCC1N1CCC(CCN)C1. The molecule has 0 aromatic heterocycles. The van der Waals surface area contributed by atoms with E-state index in [1.807, 2.05) is 0 Å². The highest BCUT2D eigenvalue weighted by molar-refractivity contribution is 4.87. The first-order chi connectivity index (χ1) is 7.85. The Morgan fingerprint density at radius 3 is 2.75 bits per heavy atom. The van der Waals surface area contributed by atoms with E-state index in [9.17, 15) is 0 Å². The lowest BCUT2D eigenvalue weighted by Gasteiger charge is -2.37. The predicted octanol–water partition coefficient (Wildman–Crippen LogP) is 2.63. The molecule has 1 saturated heterocycles. The van der Waals surface area contributed by atoms with Crippen LogP contribution >= 0.6 is 0 Å². The van der Waals surface area contributed by atoms with Crippen LogP contribution in [0, 0.1) is 11.8 Å². The molecule has 2 nitrogen and oxygen atoms in total. The summed E-state index contributed by atoms with van der Waals surface area (Å²) in [5.41, 5.74) is 5.67. The molecule has 2 heteroatoms. The van der Waals surface area contributed by atoms with Crippen molar-refractivity contribution in [3.8, 4) is 0 Å². The van der Waals surface area contributed by atoms with E-state index < -0.39 is 0 Å². The highest BCUT2D eigenvalue weighted by Crippen LogP contribution is 2.34. The van der Waals surface area contributed by atoms with Crippen LogP contribution in [-0.4, -0.2) is 30.6 Å². The van der Waals surface area contributed by atoms with Crippen molar-refractivity contribution in [2.75, 3.05) is 19.6 Å². The molecule has 1 aliphatic carbocycles. The second-order valence-electron chi connectivity index (χ2n) is 5.75. The van der Waals surface area contributed by atoms with Gasteiger partial charge in [-0.15, -0.1) is 0 Å². The van der Waals surface area contributed by atoms with Crippen molar-refractivity contribution in [3.05, 3.63) is 0 Å². The lowest BCUT2D eigenvalue weighted by molar-refractivity contribution is 0.121. The quantitative estimate of drug-likeness (QED) is 0.795. The summed E-state index contributed by atoms with van der Waals surface area (Å²) in [6.07, 6.45) is 9.86. The van der Waals surface area contributed by atoms with Gasteiger partial charge in [-0.1, -0.05) is 26.2 Å². The number of hydrogen-bond acceptors (Lipinski definition) is 2. The first-order valence-electron chi connectivity index (χ1n) is 7.29. The van der Waals surface area contributed by atoms with Crippen LogP contribution in [0.5, 0.6) is 0 Å². The monoisotopic (exact) mass is 224 g/mol. The Balaban J connectivity index is 1.86. The van der Waals surface area contributed by atoms with Gasteiger partial charge in [0.2, 0.25) is 0 Å². The van der Waals surface area contributed by atoms with E-state index >= 15 is 0 Å². The lowest BCUT2D eigenvalue weighted by Crippen LogP contribution is -2.41. The Bertz CT molecular complexity index is 205. The van der Waals surface area contributed by atoms with Crippen molar-refractivity contribution >= 4 is 0 Å². The molecule has 0 aromatic carbocycles. The second kappa shape index (κ2) is 6.02. The van der Waals surface area contributed by atoms with Crippen molar-refractivity contribution in [2.24, 2.45) is 17.6 Å². The number of rotatable bonds is 4. The molecule has 0 aromatic rings. The third-order valence-corrected chi connectivity index (χ3v) is 4.75. The summed E-state index contributed by atoms with van der Waals surface area (Å²) >= 11 is 0. The third-order valence-electron chi connectivity index (χ3n) is 4.75.